The molecule has 0 spiro atoms. The maximum atomic E-state index is 13.6. The van der Waals surface area contributed by atoms with Gasteiger partial charge in [0.05, 0.1) is 24.2 Å². The van der Waals surface area contributed by atoms with Crippen molar-refractivity contribution < 1.29 is 4.74 Å². The highest BCUT2D eigenvalue weighted by Crippen LogP contribution is 2.28. The van der Waals surface area contributed by atoms with E-state index in [1.807, 2.05) is 45.5 Å². The highest BCUT2D eigenvalue weighted by molar-refractivity contribution is 6.31. The second-order valence-electron chi connectivity index (χ2n) is 8.99. The summed E-state index contributed by atoms with van der Waals surface area (Å²) in [6, 6.07) is 14.0. The fourth-order valence-electron chi connectivity index (χ4n) is 5.09. The lowest BCUT2D eigenvalue weighted by Gasteiger charge is -2.32. The van der Waals surface area contributed by atoms with Gasteiger partial charge in [-0.1, -0.05) is 41.4 Å². The topological polar surface area (TPSA) is 42.6 Å². The number of likely N-dealkylation sites (tertiary alicyclic amines) is 1. The van der Waals surface area contributed by atoms with Gasteiger partial charge in [0.25, 0.3) is 0 Å². The number of morpholine rings is 1. The van der Waals surface area contributed by atoms with E-state index in [0.717, 1.165) is 86.9 Å². The second-order valence-corrected chi connectivity index (χ2v) is 9.83. The molecule has 8 heteroatoms. The van der Waals surface area contributed by atoms with Crippen molar-refractivity contribution in [1.82, 2.24) is 18.9 Å². The molecule has 0 N–H and O–H groups in total. The monoisotopic (exact) mass is 488 g/mol. The molecule has 0 bridgehead atoms. The first-order valence-corrected chi connectivity index (χ1v) is 12.5. The predicted molar refractivity (Wildman–Crippen MR) is 133 cm³/mol. The maximum Gasteiger partial charge on any atom is 0.329 e. The summed E-state index contributed by atoms with van der Waals surface area (Å²) in [6.07, 6.45) is 1.88. The molecule has 3 aromatic rings. The molecule has 33 heavy (non-hydrogen) atoms. The van der Waals surface area contributed by atoms with Gasteiger partial charge in [-0.25, -0.2) is 4.79 Å². The standard InChI is InChI=1S/C25H30Cl2N4O2/c26-20-5-6-23-24(17-20)30(12-11-28-13-15-33-16-14-28)25(32)31(23)21-7-9-29(10-8-21)18-19-3-1-2-4-22(19)27/h1-6,17,21H,7-16,18H2. The number of hydrogen-bond donors (Lipinski definition) is 0. The van der Waals surface area contributed by atoms with Crippen LogP contribution in [0.2, 0.25) is 10.0 Å². The van der Waals surface area contributed by atoms with Crippen molar-refractivity contribution in [2.45, 2.75) is 32.0 Å². The Morgan fingerprint density at radius 3 is 2.39 bits per heavy atom. The van der Waals surface area contributed by atoms with E-state index < -0.39 is 0 Å². The summed E-state index contributed by atoms with van der Waals surface area (Å²) in [5.41, 5.74) is 3.14. The average Bonchev–Trinajstić information content (AvgIpc) is 3.10. The van der Waals surface area contributed by atoms with E-state index in [1.165, 1.54) is 0 Å². The molecular weight excluding hydrogens is 459 g/mol. The Bertz CT molecular complexity index is 1160. The number of nitrogens with zero attached hydrogens (tertiary/aromatic N) is 4. The third kappa shape index (κ3) is 5.00. The Morgan fingerprint density at radius 1 is 0.879 bits per heavy atom. The SMILES string of the molecule is O=c1n(CCN2CCOCC2)c2cc(Cl)ccc2n1C1CCN(Cc2ccccc2Cl)CC1. The van der Waals surface area contributed by atoms with Crippen LogP contribution in [0.3, 0.4) is 0 Å². The minimum Gasteiger partial charge on any atom is -0.379 e. The van der Waals surface area contributed by atoms with Gasteiger partial charge < -0.3 is 4.74 Å². The Morgan fingerprint density at radius 2 is 1.64 bits per heavy atom. The molecule has 5 rings (SSSR count). The summed E-state index contributed by atoms with van der Waals surface area (Å²) in [5.74, 6) is 0. The molecule has 2 saturated heterocycles. The van der Waals surface area contributed by atoms with Crippen molar-refractivity contribution in [3.05, 3.63) is 68.6 Å². The second kappa shape index (κ2) is 10.2. The number of ether oxygens (including phenoxy) is 1. The number of imidazole rings is 1. The molecule has 2 aliphatic heterocycles. The van der Waals surface area contributed by atoms with Crippen LogP contribution in [0.1, 0.15) is 24.4 Å². The van der Waals surface area contributed by atoms with E-state index in [1.54, 1.807) is 0 Å². The zero-order chi connectivity index (χ0) is 22.8. The molecule has 3 heterocycles. The van der Waals surface area contributed by atoms with Crippen LogP contribution in [0.15, 0.2) is 47.3 Å². The lowest BCUT2D eigenvalue weighted by atomic mass is 10.0. The van der Waals surface area contributed by atoms with Gasteiger partial charge in [0.1, 0.15) is 0 Å². The number of aromatic nitrogens is 2. The quantitative estimate of drug-likeness (QED) is 0.519. The Hall–Kier alpha value is -1.83. The molecule has 6 nitrogen and oxygen atoms in total. The average molecular weight is 489 g/mol. The number of halogens is 2. The first-order chi connectivity index (χ1) is 16.1. The molecule has 0 radical (unpaired) electrons. The van der Waals surface area contributed by atoms with Crippen molar-refractivity contribution in [2.24, 2.45) is 0 Å². The molecule has 1 aromatic heterocycles. The Kier molecular flexibility index (Phi) is 7.09. The minimum atomic E-state index is 0.0741. The summed E-state index contributed by atoms with van der Waals surface area (Å²) >= 11 is 12.7. The van der Waals surface area contributed by atoms with E-state index in [2.05, 4.69) is 15.9 Å². The van der Waals surface area contributed by atoms with E-state index >= 15 is 0 Å². The normalized spacial score (nSPS) is 18.8. The molecule has 0 atom stereocenters. The Labute approximate surface area is 204 Å². The fraction of sp³-hybridized carbons (Fsp3) is 0.480. The van der Waals surface area contributed by atoms with E-state index in [0.29, 0.717) is 11.6 Å². The Balaban J connectivity index is 1.34. The van der Waals surface area contributed by atoms with Crippen LogP contribution in [0, 0.1) is 0 Å². The number of benzene rings is 2. The summed E-state index contributed by atoms with van der Waals surface area (Å²) in [4.78, 5) is 18.4. The molecule has 0 unspecified atom stereocenters. The highest BCUT2D eigenvalue weighted by Gasteiger charge is 2.26. The molecule has 176 valence electrons. The van der Waals surface area contributed by atoms with Crippen LogP contribution >= 0.6 is 23.2 Å². The lowest BCUT2D eigenvalue weighted by Crippen LogP contribution is -2.40. The third-order valence-electron chi connectivity index (χ3n) is 6.94. The minimum absolute atomic E-state index is 0.0741. The molecular formula is C25H30Cl2N4O2. The zero-order valence-electron chi connectivity index (χ0n) is 18.8. The summed E-state index contributed by atoms with van der Waals surface area (Å²) in [6.45, 7) is 7.57. The van der Waals surface area contributed by atoms with Gasteiger partial charge in [-0.2, -0.15) is 0 Å². The number of piperidine rings is 1. The van der Waals surface area contributed by atoms with Gasteiger partial charge in [-0.05, 0) is 42.7 Å². The number of fused-ring (bicyclic) bond motifs is 1. The van der Waals surface area contributed by atoms with Crippen LogP contribution in [0.4, 0.5) is 0 Å². The summed E-state index contributed by atoms with van der Waals surface area (Å²) in [5, 5.41) is 1.48. The van der Waals surface area contributed by atoms with Crippen molar-refractivity contribution >= 4 is 34.2 Å². The molecule has 2 aromatic carbocycles. The molecule has 2 fully saturated rings. The lowest BCUT2D eigenvalue weighted by molar-refractivity contribution is 0.0364. The zero-order valence-corrected chi connectivity index (χ0v) is 20.3. The number of hydrogen-bond acceptors (Lipinski definition) is 4. The van der Waals surface area contributed by atoms with Crippen molar-refractivity contribution in [3.63, 3.8) is 0 Å². The predicted octanol–water partition coefficient (Wildman–Crippen LogP) is 4.28. The molecule has 2 aliphatic rings. The van der Waals surface area contributed by atoms with Gasteiger partial charge in [0, 0.05) is 61.9 Å². The van der Waals surface area contributed by atoms with Crippen LogP contribution in [0.5, 0.6) is 0 Å². The third-order valence-corrected chi connectivity index (χ3v) is 7.55. The van der Waals surface area contributed by atoms with Crippen molar-refractivity contribution in [2.75, 3.05) is 45.9 Å². The van der Waals surface area contributed by atoms with E-state index in [4.69, 9.17) is 27.9 Å². The van der Waals surface area contributed by atoms with Gasteiger partial charge in [-0.3, -0.25) is 18.9 Å². The van der Waals surface area contributed by atoms with Crippen molar-refractivity contribution in [1.29, 1.82) is 0 Å². The molecule has 0 saturated carbocycles. The van der Waals surface area contributed by atoms with E-state index in [-0.39, 0.29) is 11.7 Å². The largest absolute Gasteiger partial charge is 0.379 e. The van der Waals surface area contributed by atoms with Crippen molar-refractivity contribution in [3.8, 4) is 0 Å². The maximum absolute atomic E-state index is 13.6. The first-order valence-electron chi connectivity index (χ1n) is 11.8. The summed E-state index contributed by atoms with van der Waals surface area (Å²) < 4.78 is 9.38. The van der Waals surface area contributed by atoms with Crippen LogP contribution in [0.25, 0.3) is 11.0 Å². The smallest absolute Gasteiger partial charge is 0.329 e. The molecule has 0 amide bonds. The summed E-state index contributed by atoms with van der Waals surface area (Å²) in [7, 11) is 0. The highest BCUT2D eigenvalue weighted by atomic mass is 35.5. The molecule has 0 aliphatic carbocycles. The van der Waals surface area contributed by atoms with Gasteiger partial charge in [-0.15, -0.1) is 0 Å². The van der Waals surface area contributed by atoms with Gasteiger partial charge in [0.2, 0.25) is 0 Å². The van der Waals surface area contributed by atoms with Crippen LogP contribution in [-0.4, -0.2) is 64.9 Å². The van der Waals surface area contributed by atoms with E-state index in [9.17, 15) is 4.79 Å². The van der Waals surface area contributed by atoms with Crippen LogP contribution in [-0.2, 0) is 17.8 Å². The first kappa shape index (κ1) is 22.9. The fourth-order valence-corrected chi connectivity index (χ4v) is 5.45. The number of rotatable bonds is 6. The van der Waals surface area contributed by atoms with Gasteiger partial charge in [0.15, 0.2) is 0 Å². The van der Waals surface area contributed by atoms with Crippen LogP contribution < -0.4 is 5.69 Å². The van der Waals surface area contributed by atoms with Gasteiger partial charge >= 0.3 is 5.69 Å².